The average Bonchev–Trinajstić information content (AvgIpc) is 2.78. The number of amides is 1. The SMILES string of the molecule is O=C(Nc1ccc(Br)c(C(=O)O)c1)c1csc(Br)c1. The number of halogens is 2. The highest BCUT2D eigenvalue weighted by Crippen LogP contribution is 2.24. The molecule has 0 bridgehead atoms. The Balaban J connectivity index is 2.22. The van der Waals surface area contributed by atoms with Crippen LogP contribution >= 0.6 is 43.2 Å². The van der Waals surface area contributed by atoms with Crippen molar-refractivity contribution >= 4 is 60.8 Å². The molecular weight excluding hydrogens is 398 g/mol. The van der Waals surface area contributed by atoms with Crippen LogP contribution in [-0.2, 0) is 0 Å². The van der Waals surface area contributed by atoms with Gasteiger partial charge < -0.3 is 10.4 Å². The molecule has 2 N–H and O–H groups in total. The van der Waals surface area contributed by atoms with Gasteiger partial charge in [0.25, 0.3) is 5.91 Å². The topological polar surface area (TPSA) is 66.4 Å². The summed E-state index contributed by atoms with van der Waals surface area (Å²) in [5, 5.41) is 13.4. The Bertz CT molecular complexity index is 654. The molecule has 0 aliphatic carbocycles. The first-order valence-corrected chi connectivity index (χ1v) is 7.52. The van der Waals surface area contributed by atoms with E-state index in [2.05, 4.69) is 37.2 Å². The van der Waals surface area contributed by atoms with E-state index in [0.717, 1.165) is 3.79 Å². The molecule has 2 aromatic rings. The second-order valence-corrected chi connectivity index (χ2v) is 6.74. The minimum Gasteiger partial charge on any atom is -0.478 e. The van der Waals surface area contributed by atoms with Crippen LogP contribution in [0.1, 0.15) is 20.7 Å². The second kappa shape index (κ2) is 5.85. The molecule has 7 heteroatoms. The van der Waals surface area contributed by atoms with E-state index in [0.29, 0.717) is 15.7 Å². The maximum Gasteiger partial charge on any atom is 0.336 e. The van der Waals surface area contributed by atoms with Crippen molar-refractivity contribution in [3.63, 3.8) is 0 Å². The zero-order chi connectivity index (χ0) is 14.0. The van der Waals surface area contributed by atoms with Gasteiger partial charge in [0.2, 0.25) is 0 Å². The van der Waals surface area contributed by atoms with Crippen LogP contribution in [0.3, 0.4) is 0 Å². The highest BCUT2D eigenvalue weighted by atomic mass is 79.9. The molecular formula is C12H7Br2NO3S. The highest BCUT2D eigenvalue weighted by molar-refractivity contribution is 9.11. The molecule has 2 rings (SSSR count). The number of carboxylic acid groups (broad SMARTS) is 1. The minimum atomic E-state index is -1.05. The number of carboxylic acids is 1. The molecule has 1 aromatic carbocycles. The quantitative estimate of drug-likeness (QED) is 0.804. The molecule has 0 saturated carbocycles. The number of anilines is 1. The predicted molar refractivity (Wildman–Crippen MR) is 81.1 cm³/mol. The lowest BCUT2D eigenvalue weighted by Gasteiger charge is -2.06. The third kappa shape index (κ3) is 3.43. The Kier molecular flexibility index (Phi) is 4.38. The fourth-order valence-corrected chi connectivity index (χ4v) is 2.95. The third-order valence-corrected chi connectivity index (χ3v) is 4.48. The van der Waals surface area contributed by atoms with Crippen LogP contribution in [0, 0.1) is 0 Å². The van der Waals surface area contributed by atoms with Gasteiger partial charge in [0.05, 0.1) is 14.9 Å². The predicted octanol–water partition coefficient (Wildman–Crippen LogP) is 4.22. The standard InChI is InChI=1S/C12H7Br2NO3S/c13-9-2-1-7(4-8(9)12(17)18)15-11(16)6-3-10(14)19-5-6/h1-5H,(H,15,16)(H,17,18). The summed E-state index contributed by atoms with van der Waals surface area (Å²) in [6.07, 6.45) is 0. The van der Waals surface area contributed by atoms with Crippen LogP contribution < -0.4 is 5.32 Å². The van der Waals surface area contributed by atoms with Crippen LogP contribution in [0.25, 0.3) is 0 Å². The molecule has 1 heterocycles. The molecule has 19 heavy (non-hydrogen) atoms. The number of carbonyl (C=O) groups is 2. The van der Waals surface area contributed by atoms with Gasteiger partial charge in [-0.05, 0) is 56.1 Å². The first-order valence-electron chi connectivity index (χ1n) is 5.05. The molecule has 0 atom stereocenters. The van der Waals surface area contributed by atoms with E-state index in [-0.39, 0.29) is 11.5 Å². The lowest BCUT2D eigenvalue weighted by molar-refractivity contribution is 0.0695. The number of hydrogen-bond acceptors (Lipinski definition) is 3. The Morgan fingerprint density at radius 3 is 2.53 bits per heavy atom. The Labute approximate surface area is 129 Å². The monoisotopic (exact) mass is 403 g/mol. The fourth-order valence-electron chi connectivity index (χ4n) is 1.40. The lowest BCUT2D eigenvalue weighted by Crippen LogP contribution is -2.11. The molecule has 1 aromatic heterocycles. The summed E-state index contributed by atoms with van der Waals surface area (Å²) in [5.41, 5.74) is 1.06. The largest absolute Gasteiger partial charge is 0.478 e. The zero-order valence-corrected chi connectivity index (χ0v) is 13.3. The highest BCUT2D eigenvalue weighted by Gasteiger charge is 2.12. The van der Waals surface area contributed by atoms with Crippen LogP contribution in [0.4, 0.5) is 5.69 Å². The van der Waals surface area contributed by atoms with E-state index in [1.807, 2.05) is 0 Å². The molecule has 0 spiro atoms. The summed E-state index contributed by atoms with van der Waals surface area (Å²) >= 11 is 7.84. The number of carbonyl (C=O) groups excluding carboxylic acids is 1. The van der Waals surface area contributed by atoms with Crippen LogP contribution in [0.2, 0.25) is 0 Å². The van der Waals surface area contributed by atoms with E-state index in [9.17, 15) is 9.59 Å². The molecule has 4 nitrogen and oxygen atoms in total. The number of thiophene rings is 1. The van der Waals surface area contributed by atoms with Gasteiger partial charge in [-0.3, -0.25) is 4.79 Å². The minimum absolute atomic E-state index is 0.101. The smallest absolute Gasteiger partial charge is 0.336 e. The van der Waals surface area contributed by atoms with Crippen molar-refractivity contribution < 1.29 is 14.7 Å². The fraction of sp³-hybridized carbons (Fsp3) is 0. The van der Waals surface area contributed by atoms with E-state index in [4.69, 9.17) is 5.11 Å². The molecule has 0 radical (unpaired) electrons. The maximum atomic E-state index is 11.9. The first kappa shape index (κ1) is 14.2. The summed E-state index contributed by atoms with van der Waals surface area (Å²) in [6.45, 7) is 0. The normalized spacial score (nSPS) is 10.2. The number of benzene rings is 1. The van der Waals surface area contributed by atoms with Crippen molar-refractivity contribution in [3.05, 3.63) is 49.0 Å². The van der Waals surface area contributed by atoms with Gasteiger partial charge in [0.1, 0.15) is 0 Å². The summed E-state index contributed by atoms with van der Waals surface area (Å²) in [4.78, 5) is 22.9. The summed E-state index contributed by atoms with van der Waals surface area (Å²) in [5.74, 6) is -1.33. The molecule has 0 saturated heterocycles. The van der Waals surface area contributed by atoms with Gasteiger partial charge in [0.15, 0.2) is 0 Å². The molecule has 1 amide bonds. The van der Waals surface area contributed by atoms with E-state index in [1.165, 1.54) is 17.4 Å². The van der Waals surface area contributed by atoms with Gasteiger partial charge in [0, 0.05) is 15.5 Å². The Morgan fingerprint density at radius 1 is 1.21 bits per heavy atom. The van der Waals surface area contributed by atoms with E-state index in [1.54, 1.807) is 23.6 Å². The van der Waals surface area contributed by atoms with Crippen molar-refractivity contribution in [1.82, 2.24) is 0 Å². The summed E-state index contributed by atoms with van der Waals surface area (Å²) in [7, 11) is 0. The molecule has 0 aliphatic heterocycles. The Hall–Kier alpha value is -1.18. The number of aromatic carboxylic acids is 1. The third-order valence-electron chi connectivity index (χ3n) is 2.28. The molecule has 0 unspecified atom stereocenters. The molecule has 98 valence electrons. The molecule has 0 fully saturated rings. The van der Waals surface area contributed by atoms with Crippen molar-refractivity contribution in [3.8, 4) is 0 Å². The summed E-state index contributed by atoms with van der Waals surface area (Å²) < 4.78 is 1.33. The average molecular weight is 405 g/mol. The number of nitrogens with one attached hydrogen (secondary N) is 1. The second-order valence-electron chi connectivity index (χ2n) is 3.59. The van der Waals surface area contributed by atoms with Gasteiger partial charge in [-0.15, -0.1) is 11.3 Å². The first-order chi connectivity index (χ1) is 8.97. The van der Waals surface area contributed by atoms with Crippen molar-refractivity contribution in [2.75, 3.05) is 5.32 Å². The summed E-state index contributed by atoms with van der Waals surface area (Å²) in [6, 6.07) is 6.33. The van der Waals surface area contributed by atoms with E-state index < -0.39 is 5.97 Å². The van der Waals surface area contributed by atoms with Gasteiger partial charge in [-0.1, -0.05) is 0 Å². The van der Waals surface area contributed by atoms with Crippen LogP contribution in [0.5, 0.6) is 0 Å². The van der Waals surface area contributed by atoms with Crippen molar-refractivity contribution in [1.29, 1.82) is 0 Å². The van der Waals surface area contributed by atoms with Crippen molar-refractivity contribution in [2.45, 2.75) is 0 Å². The maximum absolute atomic E-state index is 11.9. The van der Waals surface area contributed by atoms with Gasteiger partial charge in [-0.25, -0.2) is 4.79 Å². The van der Waals surface area contributed by atoms with Crippen LogP contribution in [0.15, 0.2) is 37.9 Å². The Morgan fingerprint density at radius 2 is 1.95 bits per heavy atom. The van der Waals surface area contributed by atoms with Gasteiger partial charge >= 0.3 is 5.97 Å². The van der Waals surface area contributed by atoms with Crippen molar-refractivity contribution in [2.24, 2.45) is 0 Å². The number of rotatable bonds is 3. The zero-order valence-electron chi connectivity index (χ0n) is 9.31. The van der Waals surface area contributed by atoms with E-state index >= 15 is 0 Å². The lowest BCUT2D eigenvalue weighted by atomic mass is 10.2. The number of hydrogen-bond donors (Lipinski definition) is 2. The van der Waals surface area contributed by atoms with Crippen LogP contribution in [-0.4, -0.2) is 17.0 Å². The van der Waals surface area contributed by atoms with Gasteiger partial charge in [-0.2, -0.15) is 0 Å². The molecule has 0 aliphatic rings.